The topological polar surface area (TPSA) is 37.3 Å². The average molecular weight is 160 g/mol. The first-order valence-electron chi connectivity index (χ1n) is 4.26. The van der Waals surface area contributed by atoms with Crippen LogP contribution in [0.1, 0.15) is 46.5 Å². The zero-order valence-electron chi connectivity index (χ0n) is 7.84. The molecule has 0 bridgehead atoms. The summed E-state index contributed by atoms with van der Waals surface area (Å²) in [5.41, 5.74) is 0. The van der Waals surface area contributed by atoms with Crippen molar-refractivity contribution in [1.82, 2.24) is 0 Å². The number of carbonyl (C=O) groups is 1. The third-order valence-electron chi connectivity index (χ3n) is 0.926. The molecule has 0 fully saturated rings. The van der Waals surface area contributed by atoms with Gasteiger partial charge >= 0.3 is 0 Å². The predicted octanol–water partition coefficient (Wildman–Crippen LogP) is 2.15. The van der Waals surface area contributed by atoms with Crippen LogP contribution >= 0.6 is 0 Å². The van der Waals surface area contributed by atoms with Crippen LogP contribution in [-0.4, -0.2) is 17.5 Å². The Hall–Kier alpha value is -0.370. The highest BCUT2D eigenvalue weighted by Gasteiger charge is 1.80. The molecule has 68 valence electrons. The second-order valence-corrected chi connectivity index (χ2v) is 2.76. The molecule has 0 radical (unpaired) electrons. The first kappa shape index (κ1) is 13.2. The van der Waals surface area contributed by atoms with Gasteiger partial charge in [0.1, 0.15) is 6.29 Å². The van der Waals surface area contributed by atoms with E-state index in [1.165, 1.54) is 12.8 Å². The standard InChI is InChI=1S/C6H12O.C3H8O/c1-2-3-4-5-6-7;1-3(2)4/h6H,2-5H2,1H3;3-4H,1-2H3. The van der Waals surface area contributed by atoms with Crippen molar-refractivity contribution in [2.75, 3.05) is 0 Å². The summed E-state index contributed by atoms with van der Waals surface area (Å²) >= 11 is 0. The van der Waals surface area contributed by atoms with Crippen molar-refractivity contribution in [3.63, 3.8) is 0 Å². The van der Waals surface area contributed by atoms with E-state index in [1.54, 1.807) is 13.8 Å². The van der Waals surface area contributed by atoms with Gasteiger partial charge in [-0.1, -0.05) is 19.8 Å². The lowest BCUT2D eigenvalue weighted by Crippen LogP contribution is -1.85. The molecule has 0 heterocycles. The van der Waals surface area contributed by atoms with Gasteiger partial charge in [0.05, 0.1) is 0 Å². The Morgan fingerprint density at radius 1 is 1.36 bits per heavy atom. The minimum atomic E-state index is -0.167. The minimum absolute atomic E-state index is 0.167. The number of rotatable bonds is 4. The van der Waals surface area contributed by atoms with Gasteiger partial charge in [0.15, 0.2) is 0 Å². The molecule has 2 nitrogen and oxygen atoms in total. The van der Waals surface area contributed by atoms with Gasteiger partial charge in [-0.05, 0) is 20.3 Å². The molecule has 0 unspecified atom stereocenters. The number of hydrogen-bond acceptors (Lipinski definition) is 2. The Morgan fingerprint density at radius 2 is 1.82 bits per heavy atom. The van der Waals surface area contributed by atoms with Crippen molar-refractivity contribution < 1.29 is 9.90 Å². The third kappa shape index (κ3) is 42.5. The van der Waals surface area contributed by atoms with Gasteiger partial charge in [-0.3, -0.25) is 0 Å². The van der Waals surface area contributed by atoms with Crippen molar-refractivity contribution in [2.45, 2.75) is 52.6 Å². The molecule has 0 spiro atoms. The maximum Gasteiger partial charge on any atom is 0.119 e. The molecule has 0 saturated heterocycles. The zero-order chi connectivity index (χ0) is 9.11. The normalized spacial score (nSPS) is 8.82. The van der Waals surface area contributed by atoms with Crippen LogP contribution < -0.4 is 0 Å². The fraction of sp³-hybridized carbons (Fsp3) is 0.889. The Morgan fingerprint density at radius 3 is 2.09 bits per heavy atom. The van der Waals surface area contributed by atoms with E-state index in [9.17, 15) is 4.79 Å². The van der Waals surface area contributed by atoms with Crippen LogP contribution in [0.3, 0.4) is 0 Å². The first-order chi connectivity index (χ1) is 5.15. The van der Waals surface area contributed by atoms with Crippen LogP contribution in [0.4, 0.5) is 0 Å². The van der Waals surface area contributed by atoms with Crippen molar-refractivity contribution in [3.8, 4) is 0 Å². The molecule has 0 amide bonds. The molecule has 0 aromatic heterocycles. The van der Waals surface area contributed by atoms with Gasteiger partial charge in [-0.15, -0.1) is 0 Å². The van der Waals surface area contributed by atoms with E-state index in [4.69, 9.17) is 5.11 Å². The number of aliphatic hydroxyl groups is 1. The highest BCUT2D eigenvalue weighted by molar-refractivity contribution is 5.48. The van der Waals surface area contributed by atoms with E-state index in [-0.39, 0.29) is 6.10 Å². The zero-order valence-corrected chi connectivity index (χ0v) is 7.84. The lowest BCUT2D eigenvalue weighted by Gasteiger charge is -1.85. The average Bonchev–Trinajstić information content (AvgIpc) is 1.88. The summed E-state index contributed by atoms with van der Waals surface area (Å²) in [6.45, 7) is 5.57. The lowest BCUT2D eigenvalue weighted by molar-refractivity contribution is -0.107. The molecular formula is C9H20O2. The second kappa shape index (κ2) is 12.3. The maximum atomic E-state index is 9.68. The summed E-state index contributed by atoms with van der Waals surface area (Å²) in [6, 6.07) is 0. The van der Waals surface area contributed by atoms with Gasteiger partial charge in [-0.2, -0.15) is 0 Å². The summed E-state index contributed by atoms with van der Waals surface area (Å²) in [5, 5.41) is 8.06. The Labute approximate surface area is 69.6 Å². The van der Waals surface area contributed by atoms with Crippen LogP contribution in [0.15, 0.2) is 0 Å². The molecule has 0 aliphatic heterocycles. The Balaban J connectivity index is 0. The Kier molecular flexibility index (Phi) is 14.8. The SMILES string of the molecule is CC(C)O.CCCCCC=O. The summed E-state index contributed by atoms with van der Waals surface area (Å²) < 4.78 is 0. The predicted molar refractivity (Wildman–Crippen MR) is 47.6 cm³/mol. The number of hydrogen-bond donors (Lipinski definition) is 1. The molecule has 0 aromatic carbocycles. The minimum Gasteiger partial charge on any atom is -0.394 e. The van der Waals surface area contributed by atoms with E-state index in [0.29, 0.717) is 0 Å². The molecule has 0 aliphatic rings. The molecule has 0 aromatic rings. The maximum absolute atomic E-state index is 9.68. The molecular weight excluding hydrogens is 140 g/mol. The molecule has 0 atom stereocenters. The summed E-state index contributed by atoms with van der Waals surface area (Å²) in [7, 11) is 0. The smallest absolute Gasteiger partial charge is 0.119 e. The summed E-state index contributed by atoms with van der Waals surface area (Å²) in [6.07, 6.45) is 5.02. The molecule has 2 heteroatoms. The summed E-state index contributed by atoms with van der Waals surface area (Å²) in [5.74, 6) is 0. The van der Waals surface area contributed by atoms with Crippen molar-refractivity contribution in [3.05, 3.63) is 0 Å². The number of aliphatic hydroxyl groups excluding tert-OH is 1. The fourth-order valence-electron chi connectivity index (χ4n) is 0.478. The van der Waals surface area contributed by atoms with Gasteiger partial charge < -0.3 is 9.90 Å². The van der Waals surface area contributed by atoms with Crippen LogP contribution in [0.5, 0.6) is 0 Å². The highest BCUT2D eigenvalue weighted by atomic mass is 16.3. The molecule has 1 N–H and O–H groups in total. The van der Waals surface area contributed by atoms with Crippen LogP contribution in [0.25, 0.3) is 0 Å². The molecule has 11 heavy (non-hydrogen) atoms. The highest BCUT2D eigenvalue weighted by Crippen LogP contribution is 1.94. The van der Waals surface area contributed by atoms with E-state index in [1.807, 2.05) is 0 Å². The van der Waals surface area contributed by atoms with Gasteiger partial charge in [-0.25, -0.2) is 0 Å². The monoisotopic (exact) mass is 160 g/mol. The fourth-order valence-corrected chi connectivity index (χ4v) is 0.478. The van der Waals surface area contributed by atoms with Crippen LogP contribution in [0.2, 0.25) is 0 Å². The lowest BCUT2D eigenvalue weighted by atomic mass is 10.2. The van der Waals surface area contributed by atoms with E-state index in [2.05, 4.69) is 6.92 Å². The van der Waals surface area contributed by atoms with Crippen LogP contribution in [-0.2, 0) is 4.79 Å². The van der Waals surface area contributed by atoms with Crippen molar-refractivity contribution >= 4 is 6.29 Å². The molecule has 0 rings (SSSR count). The molecule has 0 saturated carbocycles. The van der Waals surface area contributed by atoms with Crippen molar-refractivity contribution in [1.29, 1.82) is 0 Å². The van der Waals surface area contributed by atoms with Crippen molar-refractivity contribution in [2.24, 2.45) is 0 Å². The largest absolute Gasteiger partial charge is 0.394 e. The molecule has 0 aliphatic carbocycles. The second-order valence-electron chi connectivity index (χ2n) is 2.76. The summed E-state index contributed by atoms with van der Waals surface area (Å²) in [4.78, 5) is 9.68. The van der Waals surface area contributed by atoms with Gasteiger partial charge in [0.25, 0.3) is 0 Å². The number of aldehydes is 1. The van der Waals surface area contributed by atoms with Crippen LogP contribution in [0, 0.1) is 0 Å². The van der Waals surface area contributed by atoms with E-state index < -0.39 is 0 Å². The third-order valence-corrected chi connectivity index (χ3v) is 0.926. The quantitative estimate of drug-likeness (QED) is 0.505. The van der Waals surface area contributed by atoms with Gasteiger partial charge in [0.2, 0.25) is 0 Å². The number of carbonyl (C=O) groups excluding carboxylic acids is 1. The van der Waals surface area contributed by atoms with E-state index >= 15 is 0 Å². The van der Waals surface area contributed by atoms with Gasteiger partial charge in [0, 0.05) is 12.5 Å². The first-order valence-corrected chi connectivity index (χ1v) is 4.26. The number of unbranched alkanes of at least 4 members (excludes halogenated alkanes) is 3. The Bertz CT molecular complexity index is 67.2. The van der Waals surface area contributed by atoms with E-state index in [0.717, 1.165) is 19.1 Å².